The molecule has 0 saturated carbocycles. The van der Waals surface area contributed by atoms with E-state index in [-0.39, 0.29) is 24.6 Å². The van der Waals surface area contributed by atoms with Crippen LogP contribution in [0.25, 0.3) is 0 Å². The van der Waals surface area contributed by atoms with E-state index in [0.717, 1.165) is 5.56 Å². The standard InChI is InChI=1S/C16H18N2O4/c1-3-21-15(19)13-14(16(20)22-4-2)18-12(17-13)10-11-8-6-5-7-9-11/h5-9H,3-4,10H2,1-2H3,(H,17,18). The van der Waals surface area contributed by atoms with Crippen LogP contribution < -0.4 is 0 Å². The molecule has 0 aliphatic heterocycles. The molecule has 6 nitrogen and oxygen atoms in total. The third kappa shape index (κ3) is 3.72. The highest BCUT2D eigenvalue weighted by atomic mass is 16.5. The fourth-order valence-electron chi connectivity index (χ4n) is 1.99. The Hall–Kier alpha value is -2.63. The Morgan fingerprint density at radius 3 is 2.32 bits per heavy atom. The minimum absolute atomic E-state index is 0.0335. The molecule has 0 amide bonds. The summed E-state index contributed by atoms with van der Waals surface area (Å²) >= 11 is 0. The van der Waals surface area contributed by atoms with Crippen LogP contribution in [-0.2, 0) is 15.9 Å². The van der Waals surface area contributed by atoms with Crippen LogP contribution in [0.1, 0.15) is 46.2 Å². The number of H-pyrrole nitrogens is 1. The lowest BCUT2D eigenvalue weighted by Gasteiger charge is -2.02. The molecule has 22 heavy (non-hydrogen) atoms. The Bertz CT molecular complexity index is 614. The summed E-state index contributed by atoms with van der Waals surface area (Å²) < 4.78 is 9.87. The molecule has 1 N–H and O–H groups in total. The maximum atomic E-state index is 11.9. The number of carbonyl (C=O) groups excluding carboxylic acids is 2. The number of benzene rings is 1. The van der Waals surface area contributed by atoms with Gasteiger partial charge >= 0.3 is 11.9 Å². The predicted molar refractivity (Wildman–Crippen MR) is 79.7 cm³/mol. The highest BCUT2D eigenvalue weighted by Crippen LogP contribution is 2.13. The summed E-state index contributed by atoms with van der Waals surface area (Å²) in [4.78, 5) is 30.9. The number of nitrogens with one attached hydrogen (secondary N) is 1. The Morgan fingerprint density at radius 1 is 1.05 bits per heavy atom. The second-order valence-corrected chi connectivity index (χ2v) is 4.51. The zero-order chi connectivity index (χ0) is 15.9. The Morgan fingerprint density at radius 2 is 1.68 bits per heavy atom. The van der Waals surface area contributed by atoms with E-state index in [1.807, 2.05) is 30.3 Å². The van der Waals surface area contributed by atoms with Gasteiger partial charge in [-0.1, -0.05) is 30.3 Å². The van der Waals surface area contributed by atoms with Crippen LogP contribution in [0, 0.1) is 0 Å². The van der Waals surface area contributed by atoms with Gasteiger partial charge in [-0.3, -0.25) is 0 Å². The van der Waals surface area contributed by atoms with Crippen LogP contribution in [0.5, 0.6) is 0 Å². The van der Waals surface area contributed by atoms with Crippen molar-refractivity contribution in [1.29, 1.82) is 0 Å². The fraction of sp³-hybridized carbons (Fsp3) is 0.312. The molecule has 0 atom stereocenters. The molecule has 1 aromatic heterocycles. The Kier molecular flexibility index (Phi) is 5.30. The van der Waals surface area contributed by atoms with Gasteiger partial charge in [0, 0.05) is 6.42 Å². The first-order valence-electron chi connectivity index (χ1n) is 7.12. The number of carbonyl (C=O) groups is 2. The average molecular weight is 302 g/mol. The van der Waals surface area contributed by atoms with E-state index < -0.39 is 11.9 Å². The summed E-state index contributed by atoms with van der Waals surface area (Å²) in [6, 6.07) is 9.63. The smallest absolute Gasteiger partial charge is 0.359 e. The maximum absolute atomic E-state index is 11.9. The van der Waals surface area contributed by atoms with Gasteiger partial charge in [0.25, 0.3) is 0 Å². The summed E-state index contributed by atoms with van der Waals surface area (Å²) in [6.45, 7) is 3.82. The summed E-state index contributed by atoms with van der Waals surface area (Å²) in [5, 5.41) is 0. The molecule has 2 rings (SSSR count). The largest absolute Gasteiger partial charge is 0.461 e. The monoisotopic (exact) mass is 302 g/mol. The molecule has 1 aromatic carbocycles. The molecule has 0 unspecified atom stereocenters. The van der Waals surface area contributed by atoms with E-state index in [9.17, 15) is 9.59 Å². The third-order valence-corrected chi connectivity index (χ3v) is 2.92. The highest BCUT2D eigenvalue weighted by molar-refractivity contribution is 6.00. The van der Waals surface area contributed by atoms with Gasteiger partial charge in [0.05, 0.1) is 13.2 Å². The SMILES string of the molecule is CCOC(=O)c1nc(Cc2ccccc2)[nH]c1C(=O)OCC. The quantitative estimate of drug-likeness (QED) is 0.828. The van der Waals surface area contributed by atoms with E-state index in [1.165, 1.54) is 0 Å². The van der Waals surface area contributed by atoms with E-state index in [1.54, 1.807) is 13.8 Å². The van der Waals surface area contributed by atoms with Crippen molar-refractivity contribution in [2.75, 3.05) is 13.2 Å². The van der Waals surface area contributed by atoms with Gasteiger partial charge in [-0.25, -0.2) is 14.6 Å². The van der Waals surface area contributed by atoms with Crippen molar-refractivity contribution in [2.24, 2.45) is 0 Å². The lowest BCUT2D eigenvalue weighted by atomic mass is 10.1. The maximum Gasteiger partial charge on any atom is 0.359 e. The number of imidazole rings is 1. The number of ether oxygens (including phenoxy) is 2. The van der Waals surface area contributed by atoms with Crippen LogP contribution in [0.15, 0.2) is 30.3 Å². The number of hydrogen-bond donors (Lipinski definition) is 1. The predicted octanol–water partition coefficient (Wildman–Crippen LogP) is 2.35. The molecule has 2 aromatic rings. The first-order chi connectivity index (χ1) is 10.7. The molecule has 1 heterocycles. The summed E-state index contributed by atoms with van der Waals surface area (Å²) in [5.74, 6) is -0.740. The lowest BCUT2D eigenvalue weighted by molar-refractivity contribution is 0.0471. The van der Waals surface area contributed by atoms with Crippen molar-refractivity contribution in [3.8, 4) is 0 Å². The van der Waals surface area contributed by atoms with Crippen LogP contribution in [0.2, 0.25) is 0 Å². The minimum atomic E-state index is -0.638. The van der Waals surface area contributed by atoms with Gasteiger partial charge in [-0.2, -0.15) is 0 Å². The van der Waals surface area contributed by atoms with Gasteiger partial charge in [0.1, 0.15) is 5.82 Å². The van der Waals surface area contributed by atoms with Crippen LogP contribution in [0.3, 0.4) is 0 Å². The molecule has 6 heteroatoms. The Labute approximate surface area is 128 Å². The summed E-state index contributed by atoms with van der Waals surface area (Å²) in [5.41, 5.74) is 1.01. The third-order valence-electron chi connectivity index (χ3n) is 2.92. The van der Waals surface area contributed by atoms with Gasteiger partial charge in [0.15, 0.2) is 11.4 Å². The zero-order valence-electron chi connectivity index (χ0n) is 12.6. The normalized spacial score (nSPS) is 10.3. The van der Waals surface area contributed by atoms with Gasteiger partial charge in [-0.05, 0) is 19.4 Å². The highest BCUT2D eigenvalue weighted by Gasteiger charge is 2.24. The Balaban J connectivity index is 2.30. The number of nitrogens with zero attached hydrogens (tertiary/aromatic N) is 1. The summed E-state index contributed by atoms with van der Waals surface area (Å²) in [6.07, 6.45) is 0.479. The molecule has 116 valence electrons. The van der Waals surface area contributed by atoms with Crippen LogP contribution in [-0.4, -0.2) is 35.1 Å². The van der Waals surface area contributed by atoms with E-state index >= 15 is 0 Å². The molecular weight excluding hydrogens is 284 g/mol. The molecule has 0 bridgehead atoms. The zero-order valence-corrected chi connectivity index (χ0v) is 12.6. The van der Waals surface area contributed by atoms with Crippen molar-refractivity contribution >= 4 is 11.9 Å². The topological polar surface area (TPSA) is 81.3 Å². The molecule has 0 spiro atoms. The average Bonchev–Trinajstić information content (AvgIpc) is 2.93. The number of aromatic nitrogens is 2. The van der Waals surface area contributed by atoms with Crippen molar-refractivity contribution in [3.63, 3.8) is 0 Å². The number of rotatable bonds is 6. The first-order valence-corrected chi connectivity index (χ1v) is 7.12. The molecule has 0 aliphatic carbocycles. The van der Waals surface area contributed by atoms with Crippen LogP contribution >= 0.6 is 0 Å². The van der Waals surface area contributed by atoms with Crippen molar-refractivity contribution in [3.05, 3.63) is 53.1 Å². The number of esters is 2. The first kappa shape index (κ1) is 15.8. The minimum Gasteiger partial charge on any atom is -0.461 e. The molecule has 0 aliphatic rings. The molecular formula is C16H18N2O4. The number of hydrogen-bond acceptors (Lipinski definition) is 5. The molecule has 0 fully saturated rings. The second-order valence-electron chi connectivity index (χ2n) is 4.51. The fourth-order valence-corrected chi connectivity index (χ4v) is 1.99. The van der Waals surface area contributed by atoms with E-state index in [4.69, 9.17) is 9.47 Å². The van der Waals surface area contributed by atoms with Crippen molar-refractivity contribution < 1.29 is 19.1 Å². The number of aromatic amines is 1. The molecule has 0 radical (unpaired) electrons. The van der Waals surface area contributed by atoms with Gasteiger partial charge < -0.3 is 14.5 Å². The lowest BCUT2D eigenvalue weighted by Crippen LogP contribution is -2.13. The van der Waals surface area contributed by atoms with E-state index in [2.05, 4.69) is 9.97 Å². The van der Waals surface area contributed by atoms with E-state index in [0.29, 0.717) is 12.2 Å². The van der Waals surface area contributed by atoms with Crippen LogP contribution in [0.4, 0.5) is 0 Å². The van der Waals surface area contributed by atoms with Crippen molar-refractivity contribution in [1.82, 2.24) is 9.97 Å². The second kappa shape index (κ2) is 7.40. The summed E-state index contributed by atoms with van der Waals surface area (Å²) in [7, 11) is 0. The van der Waals surface area contributed by atoms with Crippen molar-refractivity contribution in [2.45, 2.75) is 20.3 Å². The van der Waals surface area contributed by atoms with Gasteiger partial charge in [-0.15, -0.1) is 0 Å². The van der Waals surface area contributed by atoms with Gasteiger partial charge in [0.2, 0.25) is 0 Å². The molecule has 0 saturated heterocycles.